The minimum Gasteiger partial charge on any atom is -0.489 e. The third-order valence-electron chi connectivity index (χ3n) is 4.54. The van der Waals surface area contributed by atoms with Crippen molar-refractivity contribution in [3.05, 3.63) is 83.6 Å². The minimum absolute atomic E-state index is 0.100. The van der Waals surface area contributed by atoms with E-state index in [-0.39, 0.29) is 5.92 Å². The lowest BCUT2D eigenvalue weighted by atomic mass is 9.99. The summed E-state index contributed by atoms with van der Waals surface area (Å²) in [5, 5.41) is 10.4. The van der Waals surface area contributed by atoms with Crippen molar-refractivity contribution in [1.82, 2.24) is 4.98 Å². The van der Waals surface area contributed by atoms with Gasteiger partial charge >= 0.3 is 0 Å². The van der Waals surface area contributed by atoms with Crippen LogP contribution in [0.3, 0.4) is 0 Å². The fourth-order valence-electron chi connectivity index (χ4n) is 3.26. The van der Waals surface area contributed by atoms with E-state index in [0.29, 0.717) is 12.5 Å². The summed E-state index contributed by atoms with van der Waals surface area (Å²) in [5.74, 6) is 1.36. The van der Waals surface area contributed by atoms with Crippen LogP contribution in [-0.4, -0.2) is 10.1 Å². The Hall–Kier alpha value is -2.59. The van der Waals surface area contributed by atoms with Crippen LogP contribution in [0.1, 0.15) is 28.7 Å². The SMILES string of the molecule is OC(c1ncco1)C1Cc2ccc(OCc3ccccc3)cc2C1. The Morgan fingerprint density at radius 3 is 2.75 bits per heavy atom. The number of ether oxygens (including phenoxy) is 1. The summed E-state index contributed by atoms with van der Waals surface area (Å²) in [6.45, 7) is 0.558. The second kappa shape index (κ2) is 6.49. The number of aromatic nitrogens is 1. The molecule has 1 aromatic heterocycles. The Bertz CT molecular complexity index is 799. The number of oxazole rings is 1. The maximum atomic E-state index is 10.4. The maximum absolute atomic E-state index is 10.4. The molecule has 2 unspecified atom stereocenters. The van der Waals surface area contributed by atoms with Crippen molar-refractivity contribution in [3.63, 3.8) is 0 Å². The Morgan fingerprint density at radius 2 is 1.96 bits per heavy atom. The van der Waals surface area contributed by atoms with Crippen LogP contribution in [0.25, 0.3) is 0 Å². The van der Waals surface area contributed by atoms with Crippen molar-refractivity contribution >= 4 is 0 Å². The van der Waals surface area contributed by atoms with E-state index in [1.807, 2.05) is 24.3 Å². The van der Waals surface area contributed by atoms with E-state index in [4.69, 9.17) is 9.15 Å². The third-order valence-corrected chi connectivity index (χ3v) is 4.54. The number of fused-ring (bicyclic) bond motifs is 1. The topological polar surface area (TPSA) is 55.5 Å². The molecule has 0 saturated heterocycles. The fourth-order valence-corrected chi connectivity index (χ4v) is 3.26. The van der Waals surface area contributed by atoms with Gasteiger partial charge in [-0.15, -0.1) is 0 Å². The zero-order valence-electron chi connectivity index (χ0n) is 13.3. The van der Waals surface area contributed by atoms with Gasteiger partial charge in [0, 0.05) is 5.92 Å². The van der Waals surface area contributed by atoms with Crippen LogP contribution in [0.5, 0.6) is 5.75 Å². The predicted octanol–water partition coefficient (Wildman–Crippen LogP) is 3.70. The van der Waals surface area contributed by atoms with Gasteiger partial charge in [0.2, 0.25) is 5.89 Å². The van der Waals surface area contributed by atoms with Gasteiger partial charge in [0.25, 0.3) is 0 Å². The zero-order chi connectivity index (χ0) is 16.4. The highest BCUT2D eigenvalue weighted by Crippen LogP contribution is 2.36. The molecule has 4 heteroatoms. The highest BCUT2D eigenvalue weighted by molar-refractivity contribution is 5.39. The zero-order valence-corrected chi connectivity index (χ0v) is 13.3. The summed E-state index contributed by atoms with van der Waals surface area (Å²) in [4.78, 5) is 4.06. The summed E-state index contributed by atoms with van der Waals surface area (Å²) in [6.07, 6.45) is 4.03. The lowest BCUT2D eigenvalue weighted by Gasteiger charge is -2.13. The van der Waals surface area contributed by atoms with Gasteiger partial charge in [-0.1, -0.05) is 36.4 Å². The van der Waals surface area contributed by atoms with Gasteiger partial charge in [0.15, 0.2) is 0 Å². The summed E-state index contributed by atoms with van der Waals surface area (Å²) in [7, 11) is 0. The van der Waals surface area contributed by atoms with Crippen molar-refractivity contribution in [1.29, 1.82) is 0 Å². The fraction of sp³-hybridized carbons (Fsp3) is 0.250. The second-order valence-corrected chi connectivity index (χ2v) is 6.19. The van der Waals surface area contributed by atoms with E-state index in [0.717, 1.165) is 24.2 Å². The van der Waals surface area contributed by atoms with E-state index in [1.165, 1.54) is 17.4 Å². The number of nitrogens with zero attached hydrogens (tertiary/aromatic N) is 1. The Kier molecular flexibility index (Phi) is 4.05. The summed E-state index contributed by atoms with van der Waals surface area (Å²) >= 11 is 0. The van der Waals surface area contributed by atoms with Crippen LogP contribution in [0.15, 0.2) is 65.4 Å². The molecule has 24 heavy (non-hydrogen) atoms. The van der Waals surface area contributed by atoms with Gasteiger partial charge in [-0.2, -0.15) is 0 Å². The number of rotatable bonds is 5. The smallest absolute Gasteiger partial charge is 0.223 e. The van der Waals surface area contributed by atoms with E-state index in [1.54, 1.807) is 6.20 Å². The first-order chi connectivity index (χ1) is 11.8. The monoisotopic (exact) mass is 321 g/mol. The molecule has 0 bridgehead atoms. The van der Waals surface area contributed by atoms with Crippen molar-refractivity contribution in [2.45, 2.75) is 25.6 Å². The number of hydrogen-bond donors (Lipinski definition) is 1. The molecule has 3 aromatic rings. The first-order valence-corrected chi connectivity index (χ1v) is 8.15. The van der Waals surface area contributed by atoms with Gasteiger partial charge in [-0.3, -0.25) is 0 Å². The molecule has 1 aliphatic rings. The first kappa shape index (κ1) is 15.0. The lowest BCUT2D eigenvalue weighted by Crippen LogP contribution is -2.13. The van der Waals surface area contributed by atoms with Crippen LogP contribution in [0.4, 0.5) is 0 Å². The summed E-state index contributed by atoms with van der Waals surface area (Å²) in [6, 6.07) is 16.3. The van der Waals surface area contributed by atoms with Gasteiger partial charge in [0.05, 0.1) is 6.20 Å². The van der Waals surface area contributed by atoms with E-state index >= 15 is 0 Å². The molecule has 1 aliphatic carbocycles. The number of aliphatic hydroxyl groups excluding tert-OH is 1. The highest BCUT2D eigenvalue weighted by atomic mass is 16.5. The molecule has 0 amide bonds. The molecule has 0 saturated carbocycles. The molecule has 4 rings (SSSR count). The molecular formula is C20H19NO3. The number of aliphatic hydroxyl groups is 1. The number of hydrogen-bond acceptors (Lipinski definition) is 4. The largest absolute Gasteiger partial charge is 0.489 e. The first-order valence-electron chi connectivity index (χ1n) is 8.15. The molecule has 0 fully saturated rings. The number of benzene rings is 2. The summed E-state index contributed by atoms with van der Waals surface area (Å²) in [5.41, 5.74) is 3.64. The molecule has 0 aliphatic heterocycles. The van der Waals surface area contributed by atoms with Crippen molar-refractivity contribution < 1.29 is 14.3 Å². The molecule has 0 spiro atoms. The normalized spacial score (nSPS) is 17.5. The molecule has 2 aromatic carbocycles. The average molecular weight is 321 g/mol. The van der Waals surface area contributed by atoms with Gasteiger partial charge in [0.1, 0.15) is 24.7 Å². The standard InChI is InChI=1S/C20H19NO3/c22-19(20-21-8-9-23-20)17-10-15-6-7-18(12-16(15)11-17)24-13-14-4-2-1-3-5-14/h1-9,12,17,19,22H,10-11,13H2. The van der Waals surface area contributed by atoms with Crippen molar-refractivity contribution in [2.24, 2.45) is 5.92 Å². The van der Waals surface area contributed by atoms with Gasteiger partial charge in [-0.25, -0.2) is 4.98 Å². The van der Waals surface area contributed by atoms with Crippen LogP contribution in [0.2, 0.25) is 0 Å². The lowest BCUT2D eigenvalue weighted by molar-refractivity contribution is 0.0850. The molecule has 122 valence electrons. The average Bonchev–Trinajstić information content (AvgIpc) is 3.29. The molecular weight excluding hydrogens is 302 g/mol. The Labute approximate surface area is 140 Å². The van der Waals surface area contributed by atoms with Crippen LogP contribution in [-0.2, 0) is 19.4 Å². The van der Waals surface area contributed by atoms with Crippen LogP contribution in [0, 0.1) is 5.92 Å². The summed E-state index contributed by atoms with van der Waals surface area (Å²) < 4.78 is 11.1. The van der Waals surface area contributed by atoms with E-state index in [2.05, 4.69) is 29.2 Å². The van der Waals surface area contributed by atoms with E-state index < -0.39 is 6.10 Å². The molecule has 2 atom stereocenters. The third kappa shape index (κ3) is 3.05. The Balaban J connectivity index is 1.43. The highest BCUT2D eigenvalue weighted by Gasteiger charge is 2.31. The maximum Gasteiger partial charge on any atom is 0.223 e. The van der Waals surface area contributed by atoms with Gasteiger partial charge < -0.3 is 14.3 Å². The minimum atomic E-state index is -0.666. The van der Waals surface area contributed by atoms with Crippen molar-refractivity contribution in [2.75, 3.05) is 0 Å². The second-order valence-electron chi connectivity index (χ2n) is 6.19. The Morgan fingerprint density at radius 1 is 1.12 bits per heavy atom. The quantitative estimate of drug-likeness (QED) is 0.778. The van der Waals surface area contributed by atoms with E-state index in [9.17, 15) is 5.11 Å². The van der Waals surface area contributed by atoms with Crippen molar-refractivity contribution in [3.8, 4) is 5.75 Å². The van der Waals surface area contributed by atoms with Gasteiger partial charge in [-0.05, 0) is 41.7 Å². The molecule has 1 N–H and O–H groups in total. The van der Waals surface area contributed by atoms with Crippen LogP contribution < -0.4 is 4.74 Å². The van der Waals surface area contributed by atoms with Crippen LogP contribution >= 0.6 is 0 Å². The molecule has 1 heterocycles. The predicted molar refractivity (Wildman–Crippen MR) is 89.6 cm³/mol. The molecule has 4 nitrogen and oxygen atoms in total. The molecule has 0 radical (unpaired) electrons.